The lowest BCUT2D eigenvalue weighted by atomic mass is 10.1. The van der Waals surface area contributed by atoms with Gasteiger partial charge in [0, 0.05) is 12.6 Å². The SMILES string of the molecule is CC(NCC(O)C(C)C)c1ccc(F)cn1. The van der Waals surface area contributed by atoms with Crippen LogP contribution in [-0.2, 0) is 0 Å². The second-order valence-electron chi connectivity index (χ2n) is 4.34. The first-order chi connectivity index (χ1) is 7.50. The summed E-state index contributed by atoms with van der Waals surface area (Å²) in [6, 6.07) is 3.04. The third kappa shape index (κ3) is 3.87. The van der Waals surface area contributed by atoms with Gasteiger partial charge in [-0.15, -0.1) is 0 Å². The second kappa shape index (κ2) is 5.92. The van der Waals surface area contributed by atoms with Crippen molar-refractivity contribution in [3.8, 4) is 0 Å². The number of nitrogens with one attached hydrogen (secondary N) is 1. The molecule has 0 fully saturated rings. The van der Waals surface area contributed by atoms with E-state index >= 15 is 0 Å². The van der Waals surface area contributed by atoms with Gasteiger partial charge >= 0.3 is 0 Å². The summed E-state index contributed by atoms with van der Waals surface area (Å²) in [5, 5.41) is 12.8. The Morgan fingerprint density at radius 1 is 1.38 bits per heavy atom. The number of rotatable bonds is 5. The summed E-state index contributed by atoms with van der Waals surface area (Å²) in [5.74, 6) is -0.112. The molecule has 1 rings (SSSR count). The van der Waals surface area contributed by atoms with Gasteiger partial charge in [0.25, 0.3) is 0 Å². The summed E-state index contributed by atoms with van der Waals surface area (Å²) >= 11 is 0. The molecule has 0 saturated heterocycles. The molecule has 2 unspecified atom stereocenters. The maximum Gasteiger partial charge on any atom is 0.141 e. The minimum atomic E-state index is -0.372. The van der Waals surface area contributed by atoms with E-state index in [-0.39, 0.29) is 23.9 Å². The van der Waals surface area contributed by atoms with Crippen LogP contribution < -0.4 is 5.32 Å². The van der Waals surface area contributed by atoms with E-state index in [9.17, 15) is 9.50 Å². The molecule has 2 N–H and O–H groups in total. The fourth-order valence-corrected chi connectivity index (χ4v) is 1.28. The summed E-state index contributed by atoms with van der Waals surface area (Å²) in [4.78, 5) is 3.98. The van der Waals surface area contributed by atoms with Crippen molar-refractivity contribution >= 4 is 0 Å². The highest BCUT2D eigenvalue weighted by Gasteiger charge is 2.12. The van der Waals surface area contributed by atoms with Crippen molar-refractivity contribution in [3.63, 3.8) is 0 Å². The molecule has 0 amide bonds. The number of aliphatic hydroxyl groups excluding tert-OH is 1. The predicted octanol–water partition coefficient (Wildman–Crippen LogP) is 1.89. The van der Waals surface area contributed by atoms with E-state index in [1.807, 2.05) is 20.8 Å². The van der Waals surface area contributed by atoms with Crippen LogP contribution in [0.5, 0.6) is 0 Å². The fraction of sp³-hybridized carbons (Fsp3) is 0.583. The molecule has 0 bridgehead atoms. The van der Waals surface area contributed by atoms with Gasteiger partial charge in [0.2, 0.25) is 0 Å². The van der Waals surface area contributed by atoms with Crippen LogP contribution >= 0.6 is 0 Å². The van der Waals surface area contributed by atoms with Gasteiger partial charge in [-0.3, -0.25) is 4.98 Å². The predicted molar refractivity (Wildman–Crippen MR) is 61.5 cm³/mol. The average molecular weight is 226 g/mol. The lowest BCUT2D eigenvalue weighted by Gasteiger charge is -2.19. The molecule has 0 aliphatic carbocycles. The molecule has 1 heterocycles. The van der Waals surface area contributed by atoms with Crippen molar-refractivity contribution in [3.05, 3.63) is 29.8 Å². The molecule has 90 valence electrons. The van der Waals surface area contributed by atoms with E-state index in [1.54, 1.807) is 6.07 Å². The van der Waals surface area contributed by atoms with E-state index in [1.165, 1.54) is 12.3 Å². The van der Waals surface area contributed by atoms with Crippen LogP contribution in [0.3, 0.4) is 0 Å². The second-order valence-corrected chi connectivity index (χ2v) is 4.34. The quantitative estimate of drug-likeness (QED) is 0.806. The average Bonchev–Trinajstić information content (AvgIpc) is 2.26. The summed E-state index contributed by atoms with van der Waals surface area (Å²) in [7, 11) is 0. The Morgan fingerprint density at radius 2 is 2.06 bits per heavy atom. The Bertz CT molecular complexity index is 313. The molecule has 1 aromatic heterocycles. The van der Waals surface area contributed by atoms with Crippen molar-refractivity contribution in [1.82, 2.24) is 10.3 Å². The van der Waals surface area contributed by atoms with Crippen LogP contribution in [-0.4, -0.2) is 22.7 Å². The topological polar surface area (TPSA) is 45.1 Å². The van der Waals surface area contributed by atoms with Gasteiger partial charge in [-0.1, -0.05) is 13.8 Å². The van der Waals surface area contributed by atoms with Crippen molar-refractivity contribution in [2.45, 2.75) is 32.9 Å². The normalized spacial score (nSPS) is 15.1. The zero-order chi connectivity index (χ0) is 12.1. The van der Waals surface area contributed by atoms with Crippen LogP contribution in [0.1, 0.15) is 32.5 Å². The largest absolute Gasteiger partial charge is 0.392 e. The minimum Gasteiger partial charge on any atom is -0.392 e. The molecule has 3 nitrogen and oxygen atoms in total. The van der Waals surface area contributed by atoms with Crippen molar-refractivity contribution in [2.75, 3.05) is 6.54 Å². The number of pyridine rings is 1. The van der Waals surface area contributed by atoms with Gasteiger partial charge in [-0.25, -0.2) is 4.39 Å². The molecule has 0 saturated carbocycles. The first-order valence-corrected chi connectivity index (χ1v) is 5.53. The smallest absolute Gasteiger partial charge is 0.141 e. The molecular weight excluding hydrogens is 207 g/mol. The van der Waals surface area contributed by atoms with Gasteiger partial charge in [0.05, 0.1) is 18.0 Å². The molecular formula is C12H19FN2O. The summed E-state index contributed by atoms with van der Waals surface area (Å²) in [6.07, 6.45) is 0.828. The molecule has 4 heteroatoms. The van der Waals surface area contributed by atoms with Gasteiger partial charge in [-0.05, 0) is 25.0 Å². The van der Waals surface area contributed by atoms with Crippen molar-refractivity contribution in [2.24, 2.45) is 5.92 Å². The van der Waals surface area contributed by atoms with E-state index in [4.69, 9.17) is 0 Å². The molecule has 0 aromatic carbocycles. The third-order valence-electron chi connectivity index (χ3n) is 2.60. The highest BCUT2D eigenvalue weighted by molar-refractivity contribution is 5.08. The van der Waals surface area contributed by atoms with Gasteiger partial charge in [0.1, 0.15) is 5.82 Å². The molecule has 0 radical (unpaired) electrons. The first kappa shape index (κ1) is 13.1. The Labute approximate surface area is 95.7 Å². The highest BCUT2D eigenvalue weighted by Crippen LogP contribution is 2.10. The molecule has 16 heavy (non-hydrogen) atoms. The maximum atomic E-state index is 12.6. The number of nitrogens with zero attached hydrogens (tertiary/aromatic N) is 1. The van der Waals surface area contributed by atoms with Gasteiger partial charge in [0.15, 0.2) is 0 Å². The number of halogens is 1. The summed E-state index contributed by atoms with van der Waals surface area (Å²) in [6.45, 7) is 6.38. The fourth-order valence-electron chi connectivity index (χ4n) is 1.28. The molecule has 0 spiro atoms. The van der Waals surface area contributed by atoms with Gasteiger partial charge in [-0.2, -0.15) is 0 Å². The minimum absolute atomic E-state index is 0.00833. The Kier molecular flexibility index (Phi) is 4.83. The van der Waals surface area contributed by atoms with Crippen LogP contribution in [0.2, 0.25) is 0 Å². The molecule has 2 atom stereocenters. The van der Waals surface area contributed by atoms with E-state index in [0.29, 0.717) is 6.54 Å². The third-order valence-corrected chi connectivity index (χ3v) is 2.60. The maximum absolute atomic E-state index is 12.6. The van der Waals surface area contributed by atoms with E-state index in [2.05, 4.69) is 10.3 Å². The van der Waals surface area contributed by atoms with E-state index in [0.717, 1.165) is 5.69 Å². The number of hydrogen-bond donors (Lipinski definition) is 2. The lowest BCUT2D eigenvalue weighted by molar-refractivity contribution is 0.120. The van der Waals surface area contributed by atoms with E-state index < -0.39 is 0 Å². The zero-order valence-corrected chi connectivity index (χ0v) is 9.94. The zero-order valence-electron chi connectivity index (χ0n) is 9.94. The Balaban J connectivity index is 2.46. The molecule has 0 aliphatic heterocycles. The highest BCUT2D eigenvalue weighted by atomic mass is 19.1. The molecule has 0 aliphatic rings. The van der Waals surface area contributed by atoms with Gasteiger partial charge < -0.3 is 10.4 Å². The first-order valence-electron chi connectivity index (χ1n) is 5.53. The van der Waals surface area contributed by atoms with Crippen molar-refractivity contribution < 1.29 is 9.50 Å². The number of aromatic nitrogens is 1. The Hall–Kier alpha value is -1.00. The van der Waals surface area contributed by atoms with Crippen LogP contribution in [0.25, 0.3) is 0 Å². The van der Waals surface area contributed by atoms with Crippen LogP contribution in [0, 0.1) is 11.7 Å². The lowest BCUT2D eigenvalue weighted by Crippen LogP contribution is -2.32. The summed E-state index contributed by atoms with van der Waals surface area (Å²) in [5.41, 5.74) is 0.775. The Morgan fingerprint density at radius 3 is 2.56 bits per heavy atom. The van der Waals surface area contributed by atoms with Crippen LogP contribution in [0.4, 0.5) is 4.39 Å². The standard InChI is InChI=1S/C12H19FN2O/c1-8(2)12(16)7-14-9(3)11-5-4-10(13)6-15-11/h4-6,8-9,12,14,16H,7H2,1-3H3. The summed E-state index contributed by atoms with van der Waals surface area (Å²) < 4.78 is 12.6. The van der Waals surface area contributed by atoms with Crippen LogP contribution in [0.15, 0.2) is 18.3 Å². The number of hydrogen-bond acceptors (Lipinski definition) is 3. The molecule has 1 aromatic rings. The van der Waals surface area contributed by atoms with Crippen molar-refractivity contribution in [1.29, 1.82) is 0 Å². The number of aliphatic hydroxyl groups is 1. The monoisotopic (exact) mass is 226 g/mol.